The topological polar surface area (TPSA) is 168 Å². The minimum atomic E-state index is -3.11. The number of halogens is 2. The van der Waals surface area contributed by atoms with Gasteiger partial charge in [0, 0.05) is 36.9 Å². The number of alkyl halides is 2. The molecule has 3 rings (SSSR count). The van der Waals surface area contributed by atoms with Gasteiger partial charge in [-0.25, -0.2) is 0 Å². The van der Waals surface area contributed by atoms with Crippen LogP contribution in [-0.2, 0) is 28.7 Å². The Morgan fingerprint density at radius 1 is 0.460 bits per heavy atom. The summed E-state index contributed by atoms with van der Waals surface area (Å²) in [6.45, 7) is 0.998. The first-order chi connectivity index (χ1) is 23.8. The molecular weight excluding hydrogens is 902 g/mol. The fourth-order valence-corrected chi connectivity index (χ4v) is 13.5. The van der Waals surface area contributed by atoms with E-state index in [2.05, 4.69) is 45.2 Å². The zero-order valence-corrected chi connectivity index (χ0v) is 36.2. The predicted octanol–water partition coefficient (Wildman–Crippen LogP) is 6.28. The lowest BCUT2D eigenvalue weighted by atomic mass is 9.75. The molecule has 0 amide bonds. The van der Waals surface area contributed by atoms with E-state index in [0.717, 1.165) is 47.4 Å². The maximum absolute atomic E-state index is 13.0. The molecule has 0 aromatic heterocycles. The molecule has 3 fully saturated rings. The van der Waals surface area contributed by atoms with Crippen LogP contribution in [0.3, 0.4) is 0 Å². The summed E-state index contributed by atoms with van der Waals surface area (Å²) in [5.41, 5.74) is 0. The normalized spacial score (nSPS) is 26.4. The Bertz CT molecular complexity index is 971. The molecule has 4 N–H and O–H groups in total. The first-order valence-electron chi connectivity index (χ1n) is 19.2. The summed E-state index contributed by atoms with van der Waals surface area (Å²) in [6, 6.07) is 1.86. The standard InChI is InChI=1S/C36H62I2O10Si2/c37-17-1-21-49(43,44)23-3-19-47-31-13-9-29(10-14-31)35(41)25-33(39)27-5-7-28(8-6-27)34(40)26-36(42)30-11-15-32(16-12-30)48-20-4-24-50(45,46)22-2-18-38/h27-32,43-46H,1-26H2. The summed E-state index contributed by atoms with van der Waals surface area (Å²) in [7, 11) is -6.21. The Hall–Kier alpha value is 0.334. The number of hydrogen-bond acceptors (Lipinski definition) is 10. The lowest BCUT2D eigenvalue weighted by molar-refractivity contribution is -0.136. The second-order valence-electron chi connectivity index (χ2n) is 15.2. The van der Waals surface area contributed by atoms with Crippen molar-refractivity contribution in [1.29, 1.82) is 0 Å². The van der Waals surface area contributed by atoms with Crippen LogP contribution in [0.4, 0.5) is 0 Å². The van der Waals surface area contributed by atoms with E-state index in [1.54, 1.807) is 0 Å². The Morgan fingerprint density at radius 2 is 0.720 bits per heavy atom. The van der Waals surface area contributed by atoms with E-state index in [1.165, 1.54) is 0 Å². The number of hydrogen-bond donors (Lipinski definition) is 4. The smallest absolute Gasteiger partial charge is 0.332 e. The molecule has 288 valence electrons. The van der Waals surface area contributed by atoms with Gasteiger partial charge in [0.25, 0.3) is 0 Å². The van der Waals surface area contributed by atoms with Crippen LogP contribution in [-0.4, -0.2) is 93.7 Å². The van der Waals surface area contributed by atoms with Crippen molar-refractivity contribution in [3.63, 3.8) is 0 Å². The number of rotatable bonds is 24. The zero-order valence-electron chi connectivity index (χ0n) is 29.8. The van der Waals surface area contributed by atoms with Gasteiger partial charge >= 0.3 is 17.1 Å². The van der Waals surface area contributed by atoms with Crippen LogP contribution < -0.4 is 0 Å². The highest BCUT2D eigenvalue weighted by Gasteiger charge is 2.35. The molecule has 0 bridgehead atoms. The fraction of sp³-hybridized carbons (Fsp3) is 0.889. The van der Waals surface area contributed by atoms with Gasteiger partial charge in [0.15, 0.2) is 0 Å². The van der Waals surface area contributed by atoms with Gasteiger partial charge in [-0.2, -0.15) is 0 Å². The monoisotopic (exact) mass is 964 g/mol. The van der Waals surface area contributed by atoms with Gasteiger partial charge in [0.05, 0.1) is 25.0 Å². The van der Waals surface area contributed by atoms with Crippen molar-refractivity contribution in [2.75, 3.05) is 22.1 Å². The second kappa shape index (κ2) is 23.3. The first-order valence-corrected chi connectivity index (χ1v) is 26.8. The van der Waals surface area contributed by atoms with Crippen LogP contribution >= 0.6 is 45.2 Å². The predicted molar refractivity (Wildman–Crippen MR) is 214 cm³/mol. The van der Waals surface area contributed by atoms with Crippen molar-refractivity contribution in [2.45, 2.75) is 152 Å². The van der Waals surface area contributed by atoms with Crippen molar-refractivity contribution in [2.24, 2.45) is 23.7 Å². The number of Topliss-reactive ketones (excluding diaryl/α,β-unsaturated/α-hetero) is 4. The summed E-state index contributed by atoms with van der Waals surface area (Å²) >= 11 is 4.49. The maximum atomic E-state index is 13.0. The SMILES string of the molecule is O=C(CC(=O)C1CCC(C(=O)CC(=O)C2CCC(OCCC[Si](O)(O)CCCI)CC2)CC1)C1CCC(OCCC[Si](O)(O)CCCI)CC1. The summed E-state index contributed by atoms with van der Waals surface area (Å²) < 4.78 is 13.8. The zero-order chi connectivity index (χ0) is 36.6. The van der Waals surface area contributed by atoms with E-state index in [1.807, 2.05) is 0 Å². The van der Waals surface area contributed by atoms with E-state index in [9.17, 15) is 38.4 Å². The lowest BCUT2D eigenvalue weighted by Crippen LogP contribution is -2.35. The summed E-state index contributed by atoms with van der Waals surface area (Å²) in [4.78, 5) is 92.6. The van der Waals surface area contributed by atoms with Crippen LogP contribution in [0.1, 0.15) is 116 Å². The van der Waals surface area contributed by atoms with Gasteiger partial charge in [-0.05, 0) is 136 Å². The van der Waals surface area contributed by atoms with Crippen LogP contribution in [0.2, 0.25) is 24.2 Å². The number of carbonyl (C=O) groups excluding carboxylic acids is 4. The molecule has 0 heterocycles. The van der Waals surface area contributed by atoms with Crippen molar-refractivity contribution in [3.05, 3.63) is 0 Å². The molecule has 0 unspecified atom stereocenters. The molecule has 0 aliphatic heterocycles. The van der Waals surface area contributed by atoms with Crippen molar-refractivity contribution in [3.8, 4) is 0 Å². The molecule has 0 radical (unpaired) electrons. The Kier molecular flexibility index (Phi) is 20.8. The minimum absolute atomic E-state index is 0.0112. The maximum Gasteiger partial charge on any atom is 0.332 e. The molecule has 0 aromatic carbocycles. The molecule has 0 spiro atoms. The number of carbonyl (C=O) groups is 4. The average molecular weight is 965 g/mol. The summed E-state index contributed by atoms with van der Waals surface area (Å²) in [5.74, 6) is -0.595. The molecular formula is C36H62I2O10Si2. The van der Waals surface area contributed by atoms with Crippen LogP contribution in [0.5, 0.6) is 0 Å². The molecule has 3 saturated carbocycles. The molecule has 14 heteroatoms. The van der Waals surface area contributed by atoms with Gasteiger partial charge in [-0.15, -0.1) is 0 Å². The van der Waals surface area contributed by atoms with Crippen molar-refractivity contribution in [1.82, 2.24) is 0 Å². The Balaban J connectivity index is 1.25. The number of ketones is 4. The molecule has 0 aromatic rings. The van der Waals surface area contributed by atoms with Crippen LogP contribution in [0, 0.1) is 23.7 Å². The lowest BCUT2D eigenvalue weighted by Gasteiger charge is -2.30. The van der Waals surface area contributed by atoms with Crippen molar-refractivity contribution < 1.29 is 47.8 Å². The number of ether oxygens (including phenoxy) is 2. The molecule has 3 aliphatic carbocycles. The highest BCUT2D eigenvalue weighted by Crippen LogP contribution is 2.34. The van der Waals surface area contributed by atoms with Gasteiger partial charge in [0.2, 0.25) is 0 Å². The fourth-order valence-electron chi connectivity index (χ4n) is 7.92. The van der Waals surface area contributed by atoms with Gasteiger partial charge < -0.3 is 28.7 Å². The van der Waals surface area contributed by atoms with Crippen LogP contribution in [0.25, 0.3) is 0 Å². The van der Waals surface area contributed by atoms with E-state index in [0.29, 0.717) is 102 Å². The summed E-state index contributed by atoms with van der Waals surface area (Å²) in [5, 5.41) is 0. The Morgan fingerprint density at radius 3 is 1.00 bits per heavy atom. The third-order valence-electron chi connectivity index (χ3n) is 11.2. The van der Waals surface area contributed by atoms with E-state index in [-0.39, 0.29) is 71.9 Å². The van der Waals surface area contributed by atoms with Crippen LogP contribution in [0.15, 0.2) is 0 Å². The van der Waals surface area contributed by atoms with E-state index < -0.39 is 17.1 Å². The highest BCUT2D eigenvalue weighted by atomic mass is 127. The quantitative estimate of drug-likeness (QED) is 0.0284. The molecule has 50 heavy (non-hydrogen) atoms. The van der Waals surface area contributed by atoms with Crippen molar-refractivity contribution >= 4 is 85.4 Å². The van der Waals surface area contributed by atoms with E-state index >= 15 is 0 Å². The first kappa shape index (κ1) is 44.7. The molecule has 10 nitrogen and oxygen atoms in total. The van der Waals surface area contributed by atoms with E-state index in [4.69, 9.17) is 9.47 Å². The average Bonchev–Trinajstić information content (AvgIpc) is 3.10. The highest BCUT2D eigenvalue weighted by molar-refractivity contribution is 14.1. The minimum Gasteiger partial charge on any atom is -0.411 e. The molecule has 3 aliphatic rings. The summed E-state index contributed by atoms with van der Waals surface area (Å²) in [6.07, 6.45) is 11.4. The van der Waals surface area contributed by atoms with Gasteiger partial charge in [0.1, 0.15) is 23.1 Å². The third-order valence-corrected chi connectivity index (χ3v) is 17.3. The van der Waals surface area contributed by atoms with Gasteiger partial charge in [-0.1, -0.05) is 45.2 Å². The third kappa shape index (κ3) is 16.8. The largest absolute Gasteiger partial charge is 0.411 e. The molecule has 0 atom stereocenters. The Labute approximate surface area is 328 Å². The van der Waals surface area contributed by atoms with Gasteiger partial charge in [-0.3, -0.25) is 19.2 Å². The molecule has 0 saturated heterocycles. The second-order valence-corrected chi connectivity index (χ2v) is 23.3.